The maximum absolute atomic E-state index is 10.9. The van der Waals surface area contributed by atoms with Gasteiger partial charge in [0.1, 0.15) is 0 Å². The van der Waals surface area contributed by atoms with Crippen LogP contribution in [0.3, 0.4) is 0 Å². The molecule has 0 saturated heterocycles. The van der Waals surface area contributed by atoms with Gasteiger partial charge in [-0.05, 0) is 6.42 Å². The fraction of sp³-hybridized carbons (Fsp3) is 0.667. The quantitative estimate of drug-likeness (QED) is 0.254. The van der Waals surface area contributed by atoms with Crippen molar-refractivity contribution in [3.63, 3.8) is 0 Å². The van der Waals surface area contributed by atoms with Crippen LogP contribution in [0, 0.1) is 0 Å². The van der Waals surface area contributed by atoms with Crippen molar-refractivity contribution in [3.05, 3.63) is 0 Å². The molecular weight excluding hydrogens is 286 g/mol. The number of hydrazine groups is 1. The number of hydrogen-bond donors (Lipinski definition) is 4. The second kappa shape index (κ2) is 7.77. The molecule has 0 aliphatic rings. The van der Waals surface area contributed by atoms with Crippen LogP contribution in [0.1, 0.15) is 13.3 Å². The van der Waals surface area contributed by atoms with Crippen molar-refractivity contribution in [1.29, 1.82) is 0 Å². The SMILES string of the molecule is CCCOc1nc(NN)nc(NCCNS(C)(=O)=O)n1. The number of ether oxygens (including phenoxy) is 1. The van der Waals surface area contributed by atoms with Crippen molar-refractivity contribution < 1.29 is 13.2 Å². The fourth-order valence-corrected chi connectivity index (χ4v) is 1.64. The molecule has 0 fully saturated rings. The number of rotatable bonds is 9. The summed E-state index contributed by atoms with van der Waals surface area (Å²) >= 11 is 0. The summed E-state index contributed by atoms with van der Waals surface area (Å²) in [7, 11) is -3.21. The molecule has 10 nitrogen and oxygen atoms in total. The highest BCUT2D eigenvalue weighted by Gasteiger charge is 2.06. The lowest BCUT2D eigenvalue weighted by molar-refractivity contribution is 0.292. The number of aromatic nitrogens is 3. The van der Waals surface area contributed by atoms with Crippen LogP contribution < -0.4 is 26.0 Å². The average Bonchev–Trinajstić information content (AvgIpc) is 2.40. The molecule has 0 atom stereocenters. The van der Waals surface area contributed by atoms with Gasteiger partial charge in [0, 0.05) is 13.1 Å². The molecule has 1 heterocycles. The van der Waals surface area contributed by atoms with Gasteiger partial charge >= 0.3 is 6.01 Å². The Morgan fingerprint density at radius 2 is 1.90 bits per heavy atom. The molecule has 0 amide bonds. The monoisotopic (exact) mass is 305 g/mol. The molecule has 0 saturated carbocycles. The zero-order chi connectivity index (χ0) is 15.0. The molecule has 0 bridgehead atoms. The van der Waals surface area contributed by atoms with E-state index in [4.69, 9.17) is 10.6 Å². The van der Waals surface area contributed by atoms with Crippen molar-refractivity contribution >= 4 is 21.9 Å². The van der Waals surface area contributed by atoms with Crippen molar-refractivity contribution in [2.45, 2.75) is 13.3 Å². The molecule has 114 valence electrons. The zero-order valence-corrected chi connectivity index (χ0v) is 12.2. The van der Waals surface area contributed by atoms with Gasteiger partial charge in [0.05, 0.1) is 12.9 Å². The van der Waals surface area contributed by atoms with Crippen molar-refractivity contribution in [2.24, 2.45) is 5.84 Å². The largest absolute Gasteiger partial charge is 0.463 e. The minimum Gasteiger partial charge on any atom is -0.463 e. The standard InChI is InChI=1S/C9H19N7O3S/c1-3-6-19-9-14-7(13-8(15-9)16-10)11-4-5-12-20(2,17)18/h12H,3-6,10H2,1-2H3,(H2,11,13,14,15,16). The summed E-state index contributed by atoms with van der Waals surface area (Å²) in [5.74, 6) is 5.65. The Balaban J connectivity index is 2.59. The second-order valence-corrected chi connectivity index (χ2v) is 5.68. The molecule has 0 spiro atoms. The van der Waals surface area contributed by atoms with E-state index < -0.39 is 10.0 Å². The molecule has 5 N–H and O–H groups in total. The van der Waals surface area contributed by atoms with Crippen LogP contribution in [0.5, 0.6) is 6.01 Å². The zero-order valence-electron chi connectivity index (χ0n) is 11.4. The van der Waals surface area contributed by atoms with Gasteiger partial charge < -0.3 is 10.1 Å². The van der Waals surface area contributed by atoms with Crippen molar-refractivity contribution in [2.75, 3.05) is 36.7 Å². The van der Waals surface area contributed by atoms with Gasteiger partial charge in [0.2, 0.25) is 21.9 Å². The van der Waals surface area contributed by atoms with Crippen molar-refractivity contribution in [3.8, 4) is 6.01 Å². The molecule has 1 rings (SSSR count). The highest BCUT2D eigenvalue weighted by molar-refractivity contribution is 7.88. The second-order valence-electron chi connectivity index (χ2n) is 3.85. The first kappa shape index (κ1) is 16.3. The summed E-state index contributed by atoms with van der Waals surface area (Å²) in [6.45, 7) is 2.96. The van der Waals surface area contributed by atoms with Crippen LogP contribution in [0.2, 0.25) is 0 Å². The summed E-state index contributed by atoms with van der Waals surface area (Å²) < 4.78 is 29.4. The van der Waals surface area contributed by atoms with Crippen LogP contribution in [0.25, 0.3) is 0 Å². The Morgan fingerprint density at radius 1 is 1.20 bits per heavy atom. The van der Waals surface area contributed by atoms with Gasteiger partial charge in [-0.1, -0.05) is 6.92 Å². The predicted molar refractivity (Wildman–Crippen MR) is 74.8 cm³/mol. The van der Waals surface area contributed by atoms with Gasteiger partial charge in [-0.25, -0.2) is 19.0 Å². The third-order valence-corrected chi connectivity index (χ3v) is 2.68. The van der Waals surface area contributed by atoms with Crippen LogP contribution in [0.4, 0.5) is 11.9 Å². The summed E-state index contributed by atoms with van der Waals surface area (Å²) in [4.78, 5) is 11.9. The molecule has 0 radical (unpaired) electrons. The molecule has 1 aromatic rings. The van der Waals surface area contributed by atoms with Gasteiger partial charge in [-0.3, -0.25) is 5.43 Å². The van der Waals surface area contributed by atoms with Gasteiger partial charge in [-0.15, -0.1) is 0 Å². The number of hydrogen-bond acceptors (Lipinski definition) is 9. The Labute approximate surface area is 117 Å². The number of nitrogens with one attached hydrogen (secondary N) is 3. The van der Waals surface area contributed by atoms with E-state index in [1.165, 1.54) is 0 Å². The highest BCUT2D eigenvalue weighted by Crippen LogP contribution is 2.10. The lowest BCUT2D eigenvalue weighted by Crippen LogP contribution is -2.28. The maximum atomic E-state index is 10.9. The van der Waals surface area contributed by atoms with Crippen LogP contribution in [-0.2, 0) is 10.0 Å². The van der Waals surface area contributed by atoms with Crippen molar-refractivity contribution in [1.82, 2.24) is 19.7 Å². The van der Waals surface area contributed by atoms with E-state index in [9.17, 15) is 8.42 Å². The lowest BCUT2D eigenvalue weighted by atomic mass is 10.5. The Morgan fingerprint density at radius 3 is 2.50 bits per heavy atom. The average molecular weight is 305 g/mol. The molecule has 0 aliphatic heterocycles. The number of anilines is 2. The van der Waals surface area contributed by atoms with Gasteiger partial charge in [0.15, 0.2) is 0 Å². The normalized spacial score (nSPS) is 11.2. The summed E-state index contributed by atoms with van der Waals surface area (Å²) in [5, 5.41) is 2.84. The number of nitrogens with zero attached hydrogens (tertiary/aromatic N) is 3. The Bertz CT molecular complexity index is 522. The highest BCUT2D eigenvalue weighted by atomic mass is 32.2. The van der Waals surface area contributed by atoms with E-state index >= 15 is 0 Å². The van der Waals surface area contributed by atoms with Gasteiger partial charge in [-0.2, -0.15) is 15.0 Å². The summed E-state index contributed by atoms with van der Waals surface area (Å²) in [6, 6.07) is 0.147. The first-order valence-corrected chi connectivity index (χ1v) is 7.87. The van der Waals surface area contributed by atoms with E-state index in [-0.39, 0.29) is 24.5 Å². The third-order valence-electron chi connectivity index (χ3n) is 1.95. The van der Waals surface area contributed by atoms with Crippen LogP contribution >= 0.6 is 0 Å². The maximum Gasteiger partial charge on any atom is 0.323 e. The molecule has 0 aromatic carbocycles. The van der Waals surface area contributed by atoms with Crippen LogP contribution in [0.15, 0.2) is 0 Å². The molecule has 1 aromatic heterocycles. The minimum atomic E-state index is -3.21. The summed E-state index contributed by atoms with van der Waals surface area (Å²) in [6.07, 6.45) is 1.90. The smallest absolute Gasteiger partial charge is 0.323 e. The first-order chi connectivity index (χ1) is 9.44. The molecule has 0 unspecified atom stereocenters. The van der Waals surface area contributed by atoms with E-state index in [2.05, 4.69) is 30.4 Å². The predicted octanol–water partition coefficient (Wildman–Crippen LogP) is -1.09. The third kappa shape index (κ3) is 6.45. The summed E-state index contributed by atoms with van der Waals surface area (Å²) in [5.41, 5.74) is 2.31. The number of sulfonamides is 1. The van der Waals surface area contributed by atoms with E-state index in [1.54, 1.807) is 0 Å². The number of nitrogen functional groups attached to an aromatic ring is 1. The lowest BCUT2D eigenvalue weighted by Gasteiger charge is -2.09. The van der Waals surface area contributed by atoms with E-state index in [0.717, 1.165) is 12.7 Å². The topological polar surface area (TPSA) is 144 Å². The fourth-order valence-electron chi connectivity index (χ4n) is 1.17. The number of nitrogens with two attached hydrogens (primary N) is 1. The first-order valence-electron chi connectivity index (χ1n) is 5.98. The van der Waals surface area contributed by atoms with E-state index in [0.29, 0.717) is 13.2 Å². The van der Waals surface area contributed by atoms with Crippen LogP contribution in [-0.4, -0.2) is 49.3 Å². The molecule has 11 heteroatoms. The van der Waals surface area contributed by atoms with Gasteiger partial charge in [0.25, 0.3) is 0 Å². The Hall–Kier alpha value is -1.72. The van der Waals surface area contributed by atoms with E-state index in [1.807, 2.05) is 6.92 Å². The molecule has 0 aliphatic carbocycles. The molecular formula is C9H19N7O3S. The minimum absolute atomic E-state index is 0.147. The molecule has 20 heavy (non-hydrogen) atoms. The Kier molecular flexibility index (Phi) is 6.35.